The lowest BCUT2D eigenvalue weighted by molar-refractivity contribution is -0.138. The minimum atomic E-state index is -0.576. The van der Waals surface area contributed by atoms with E-state index in [0.717, 1.165) is 30.6 Å². The van der Waals surface area contributed by atoms with Crippen LogP contribution in [0.15, 0.2) is 36.4 Å². The van der Waals surface area contributed by atoms with Crippen LogP contribution < -0.4 is 4.74 Å². The highest BCUT2D eigenvalue weighted by atomic mass is 16.5. The average Bonchev–Trinajstić information content (AvgIpc) is 2.68. The third kappa shape index (κ3) is 10.9. The Balaban J connectivity index is 2.16. The van der Waals surface area contributed by atoms with Gasteiger partial charge in [-0.15, -0.1) is 0 Å². The van der Waals surface area contributed by atoms with Crippen molar-refractivity contribution in [1.29, 1.82) is 0 Å². The van der Waals surface area contributed by atoms with Gasteiger partial charge in [0.05, 0.1) is 6.61 Å². The van der Waals surface area contributed by atoms with Crippen LogP contribution in [0.4, 0.5) is 0 Å². The normalized spacial score (nSPS) is 11.1. The number of para-hydroxylation sites is 1. The van der Waals surface area contributed by atoms with Gasteiger partial charge < -0.3 is 9.47 Å². The quantitative estimate of drug-likeness (QED) is 0.161. The first kappa shape index (κ1) is 23.9. The highest BCUT2D eigenvalue weighted by Gasteiger charge is 2.10. The number of carbonyl (C=O) groups excluding carboxylic acids is 2. The molecule has 0 aliphatic carbocycles. The van der Waals surface area contributed by atoms with Gasteiger partial charge in [0.2, 0.25) is 0 Å². The maximum atomic E-state index is 11.9. The Morgan fingerprint density at radius 1 is 0.857 bits per heavy atom. The molecule has 0 aromatic heterocycles. The van der Waals surface area contributed by atoms with Crippen LogP contribution in [0.3, 0.4) is 0 Å². The van der Waals surface area contributed by atoms with Crippen molar-refractivity contribution in [2.45, 2.75) is 84.5 Å². The summed E-state index contributed by atoms with van der Waals surface area (Å²) in [5.41, 5.74) is 0.956. The maximum Gasteiger partial charge on any atom is 0.336 e. The Morgan fingerprint density at radius 2 is 1.43 bits per heavy atom. The van der Waals surface area contributed by atoms with E-state index >= 15 is 0 Å². The second kappa shape index (κ2) is 14.9. The number of carbonyl (C=O) groups is 2. The fourth-order valence-corrected chi connectivity index (χ4v) is 2.96. The summed E-state index contributed by atoms with van der Waals surface area (Å²) in [5.74, 6) is -0.314. The lowest BCUT2D eigenvalue weighted by Gasteiger charge is -2.11. The van der Waals surface area contributed by atoms with Crippen LogP contribution in [0.25, 0.3) is 0 Å². The van der Waals surface area contributed by atoms with Gasteiger partial charge >= 0.3 is 11.9 Å². The van der Waals surface area contributed by atoms with Gasteiger partial charge in [-0.05, 0) is 24.0 Å². The van der Waals surface area contributed by atoms with Gasteiger partial charge in [0.15, 0.2) is 0 Å². The van der Waals surface area contributed by atoms with Gasteiger partial charge in [0, 0.05) is 12.2 Å². The van der Waals surface area contributed by atoms with E-state index in [1.807, 2.05) is 32.0 Å². The average molecular weight is 389 g/mol. The van der Waals surface area contributed by atoms with Crippen LogP contribution in [-0.2, 0) is 14.3 Å². The van der Waals surface area contributed by atoms with Crippen LogP contribution in [0, 0.1) is 0 Å². The molecule has 0 spiro atoms. The van der Waals surface area contributed by atoms with Crippen LogP contribution in [0.2, 0.25) is 0 Å². The lowest BCUT2D eigenvalue weighted by Crippen LogP contribution is -2.08. The first-order valence-corrected chi connectivity index (χ1v) is 10.7. The monoisotopic (exact) mass is 388 g/mol. The van der Waals surface area contributed by atoms with Gasteiger partial charge in [-0.1, -0.05) is 90.3 Å². The molecule has 156 valence electrons. The van der Waals surface area contributed by atoms with E-state index < -0.39 is 11.9 Å². The second-order valence-electron chi connectivity index (χ2n) is 7.44. The smallest absolute Gasteiger partial charge is 0.336 e. The highest BCUT2D eigenvalue weighted by molar-refractivity contribution is 5.92. The molecule has 28 heavy (non-hydrogen) atoms. The number of hydrogen-bond donors (Lipinski definition) is 0. The number of unbranched alkanes of at least 4 members (excludes halogenated alkanes) is 8. The van der Waals surface area contributed by atoms with Crippen molar-refractivity contribution in [2.24, 2.45) is 0 Å². The predicted molar refractivity (Wildman–Crippen MR) is 113 cm³/mol. The Morgan fingerprint density at radius 3 is 2.07 bits per heavy atom. The third-order valence-corrected chi connectivity index (χ3v) is 4.60. The molecule has 0 N–H and O–H groups in total. The standard InChI is InChI=1S/C24H36O4/c1-4-5-6-7-8-9-10-11-14-19-27-23(25)17-18-24(26)28-22-16-13-12-15-21(22)20(2)3/h12-13,15-18,20H,4-11,14,19H2,1-3H3/b18-17+. The number of benzene rings is 1. The minimum Gasteiger partial charge on any atom is -0.463 e. The third-order valence-electron chi connectivity index (χ3n) is 4.60. The van der Waals surface area contributed by atoms with E-state index in [1.54, 1.807) is 6.07 Å². The summed E-state index contributed by atoms with van der Waals surface area (Å²) < 4.78 is 10.5. The summed E-state index contributed by atoms with van der Waals surface area (Å²) in [6.45, 7) is 6.69. The Hall–Kier alpha value is -2.10. The molecule has 0 bridgehead atoms. The van der Waals surface area contributed by atoms with Crippen molar-refractivity contribution in [3.63, 3.8) is 0 Å². The molecular weight excluding hydrogens is 352 g/mol. The molecule has 0 aliphatic rings. The van der Waals surface area contributed by atoms with Crippen molar-refractivity contribution >= 4 is 11.9 Å². The summed E-state index contributed by atoms with van der Waals surface area (Å²) in [5, 5.41) is 0. The van der Waals surface area contributed by atoms with Crippen LogP contribution in [0.5, 0.6) is 5.75 Å². The molecule has 0 unspecified atom stereocenters. The first-order chi connectivity index (χ1) is 13.5. The van der Waals surface area contributed by atoms with Gasteiger partial charge in [0.1, 0.15) is 5.75 Å². The Labute approximate surface area is 170 Å². The number of rotatable bonds is 14. The van der Waals surface area contributed by atoms with E-state index in [1.165, 1.54) is 44.9 Å². The largest absolute Gasteiger partial charge is 0.463 e. The van der Waals surface area contributed by atoms with Gasteiger partial charge in [-0.25, -0.2) is 9.59 Å². The number of esters is 2. The van der Waals surface area contributed by atoms with E-state index in [0.29, 0.717) is 12.4 Å². The molecule has 0 saturated carbocycles. The Kier molecular flexibility index (Phi) is 12.7. The zero-order chi connectivity index (χ0) is 20.6. The number of ether oxygens (including phenoxy) is 2. The summed E-state index contributed by atoms with van der Waals surface area (Å²) in [4.78, 5) is 23.6. The fraction of sp³-hybridized carbons (Fsp3) is 0.583. The zero-order valence-electron chi connectivity index (χ0n) is 17.7. The Bertz CT molecular complexity index is 604. The molecule has 0 heterocycles. The molecule has 0 fully saturated rings. The van der Waals surface area contributed by atoms with Crippen molar-refractivity contribution in [3.8, 4) is 5.75 Å². The van der Waals surface area contributed by atoms with Crippen LogP contribution >= 0.6 is 0 Å². The van der Waals surface area contributed by atoms with E-state index in [-0.39, 0.29) is 5.92 Å². The zero-order valence-corrected chi connectivity index (χ0v) is 17.7. The molecule has 1 aromatic carbocycles. The van der Waals surface area contributed by atoms with Gasteiger partial charge in [-0.2, -0.15) is 0 Å². The SMILES string of the molecule is CCCCCCCCCCCOC(=O)/C=C/C(=O)Oc1ccccc1C(C)C. The molecule has 1 rings (SSSR count). The van der Waals surface area contributed by atoms with Gasteiger partial charge in [0.25, 0.3) is 0 Å². The predicted octanol–water partition coefficient (Wildman–Crippen LogP) is 6.35. The molecule has 4 nitrogen and oxygen atoms in total. The second-order valence-corrected chi connectivity index (χ2v) is 7.44. The maximum absolute atomic E-state index is 11.9. The van der Waals surface area contributed by atoms with Crippen molar-refractivity contribution < 1.29 is 19.1 Å². The fourth-order valence-electron chi connectivity index (χ4n) is 2.96. The molecule has 0 aliphatic heterocycles. The first-order valence-electron chi connectivity index (χ1n) is 10.7. The minimum absolute atomic E-state index is 0.245. The van der Waals surface area contributed by atoms with Gasteiger partial charge in [-0.3, -0.25) is 0 Å². The molecule has 0 saturated heterocycles. The molecule has 0 radical (unpaired) electrons. The summed E-state index contributed by atoms with van der Waals surface area (Å²) in [6, 6.07) is 7.41. The molecular formula is C24H36O4. The highest BCUT2D eigenvalue weighted by Crippen LogP contribution is 2.25. The summed E-state index contributed by atoms with van der Waals surface area (Å²) >= 11 is 0. The van der Waals surface area contributed by atoms with Crippen molar-refractivity contribution in [3.05, 3.63) is 42.0 Å². The lowest BCUT2D eigenvalue weighted by atomic mass is 10.0. The van der Waals surface area contributed by atoms with Crippen LogP contribution in [-0.4, -0.2) is 18.5 Å². The van der Waals surface area contributed by atoms with E-state index in [9.17, 15) is 9.59 Å². The van der Waals surface area contributed by atoms with Crippen LogP contribution in [0.1, 0.15) is 90.0 Å². The topological polar surface area (TPSA) is 52.6 Å². The summed E-state index contributed by atoms with van der Waals surface area (Å²) in [6.07, 6.45) is 13.2. The van der Waals surface area contributed by atoms with E-state index in [2.05, 4.69) is 6.92 Å². The van der Waals surface area contributed by atoms with Crippen molar-refractivity contribution in [2.75, 3.05) is 6.61 Å². The number of hydrogen-bond acceptors (Lipinski definition) is 4. The molecule has 0 atom stereocenters. The molecule has 1 aromatic rings. The molecule has 4 heteroatoms. The summed E-state index contributed by atoms with van der Waals surface area (Å²) in [7, 11) is 0. The van der Waals surface area contributed by atoms with Crippen molar-refractivity contribution in [1.82, 2.24) is 0 Å². The van der Waals surface area contributed by atoms with E-state index in [4.69, 9.17) is 9.47 Å². The molecule has 0 amide bonds.